The minimum atomic E-state index is -0.282. The summed E-state index contributed by atoms with van der Waals surface area (Å²) in [6.45, 7) is 9.79. The maximum Gasteiger partial charge on any atom is 0.233 e. The molecule has 0 spiro atoms. The summed E-state index contributed by atoms with van der Waals surface area (Å²) in [4.78, 5) is 12.5. The fraction of sp³-hybridized carbons (Fsp3) is 0.533. The molecule has 6 heteroatoms. The van der Waals surface area contributed by atoms with Gasteiger partial charge in [0, 0.05) is 17.3 Å². The van der Waals surface area contributed by atoms with Crippen LogP contribution in [0, 0.1) is 13.8 Å². The molecular formula is C15H22N4O2. The Balaban J connectivity index is 2.17. The molecule has 2 rings (SSSR count). The highest BCUT2D eigenvalue weighted by atomic mass is 16.5. The van der Waals surface area contributed by atoms with Crippen LogP contribution in [-0.2, 0) is 4.79 Å². The summed E-state index contributed by atoms with van der Waals surface area (Å²) in [7, 11) is 0. The molecule has 1 amide bonds. The second-order valence-corrected chi connectivity index (χ2v) is 5.55. The van der Waals surface area contributed by atoms with E-state index in [0.717, 1.165) is 17.0 Å². The second kappa shape index (κ2) is 6.11. The zero-order valence-corrected chi connectivity index (χ0v) is 13.2. The van der Waals surface area contributed by atoms with E-state index in [1.165, 1.54) is 0 Å². The summed E-state index contributed by atoms with van der Waals surface area (Å²) in [5.41, 5.74) is 2.63. The Kier molecular flexibility index (Phi) is 4.45. The predicted octanol–water partition coefficient (Wildman–Crippen LogP) is 3.27. The van der Waals surface area contributed by atoms with Crippen molar-refractivity contribution in [2.45, 2.75) is 52.9 Å². The van der Waals surface area contributed by atoms with E-state index in [0.29, 0.717) is 23.9 Å². The Morgan fingerprint density at radius 2 is 2.14 bits per heavy atom. The van der Waals surface area contributed by atoms with Crippen molar-refractivity contribution in [2.24, 2.45) is 0 Å². The number of carbonyl (C=O) groups is 1. The lowest BCUT2D eigenvalue weighted by atomic mass is 9.94. The Morgan fingerprint density at radius 1 is 1.43 bits per heavy atom. The van der Waals surface area contributed by atoms with Crippen LogP contribution >= 0.6 is 0 Å². The highest BCUT2D eigenvalue weighted by Gasteiger charge is 2.26. The average Bonchev–Trinajstić information content (AvgIpc) is 3.01. The van der Waals surface area contributed by atoms with Crippen molar-refractivity contribution in [3.8, 4) is 0 Å². The van der Waals surface area contributed by atoms with E-state index in [-0.39, 0.29) is 11.8 Å². The molecule has 21 heavy (non-hydrogen) atoms. The molecule has 0 fully saturated rings. The van der Waals surface area contributed by atoms with Crippen molar-refractivity contribution < 1.29 is 9.32 Å². The van der Waals surface area contributed by atoms with Gasteiger partial charge >= 0.3 is 0 Å². The van der Waals surface area contributed by atoms with E-state index in [4.69, 9.17) is 4.52 Å². The Labute approximate surface area is 124 Å². The third-order valence-electron chi connectivity index (χ3n) is 3.63. The number of hydrogen-bond acceptors (Lipinski definition) is 4. The van der Waals surface area contributed by atoms with Crippen molar-refractivity contribution in [2.75, 3.05) is 5.32 Å². The number of H-pyrrole nitrogens is 1. The Morgan fingerprint density at radius 3 is 2.62 bits per heavy atom. The number of nitrogens with one attached hydrogen (secondary N) is 2. The van der Waals surface area contributed by atoms with Crippen LogP contribution in [0.3, 0.4) is 0 Å². The molecule has 2 aromatic heterocycles. The van der Waals surface area contributed by atoms with Crippen molar-refractivity contribution in [3.05, 3.63) is 28.8 Å². The largest absolute Gasteiger partial charge is 0.361 e. The van der Waals surface area contributed by atoms with E-state index in [2.05, 4.69) is 34.5 Å². The highest BCUT2D eigenvalue weighted by Crippen LogP contribution is 2.27. The summed E-state index contributed by atoms with van der Waals surface area (Å²) in [6.07, 6.45) is 0.677. The maximum absolute atomic E-state index is 12.5. The van der Waals surface area contributed by atoms with Gasteiger partial charge in [0.05, 0.1) is 11.6 Å². The van der Waals surface area contributed by atoms with Crippen LogP contribution in [0.15, 0.2) is 10.6 Å². The van der Waals surface area contributed by atoms with Crippen LogP contribution in [-0.4, -0.2) is 21.3 Å². The molecule has 0 saturated heterocycles. The molecule has 2 aromatic rings. The van der Waals surface area contributed by atoms with Crippen LogP contribution in [0.1, 0.15) is 61.7 Å². The standard InChI is InChI=1S/C15H22N4O2/c1-6-11(14-9(4)19-21-10(14)5)15(20)16-13-7-12(8(2)3)17-18-13/h7-8,11H,6H2,1-5H3,(H2,16,17,18,20). The van der Waals surface area contributed by atoms with Crippen LogP contribution in [0.2, 0.25) is 0 Å². The molecule has 6 nitrogen and oxygen atoms in total. The van der Waals surface area contributed by atoms with Crippen LogP contribution in [0.25, 0.3) is 0 Å². The number of carbonyl (C=O) groups excluding carboxylic acids is 1. The zero-order valence-electron chi connectivity index (χ0n) is 13.2. The van der Waals surface area contributed by atoms with Crippen LogP contribution < -0.4 is 5.32 Å². The summed E-state index contributed by atoms with van der Waals surface area (Å²) in [5, 5.41) is 13.8. The summed E-state index contributed by atoms with van der Waals surface area (Å²) in [5.74, 6) is 1.21. The highest BCUT2D eigenvalue weighted by molar-refractivity contribution is 5.95. The molecular weight excluding hydrogens is 268 g/mol. The van der Waals surface area contributed by atoms with Crippen LogP contribution in [0.4, 0.5) is 5.82 Å². The van der Waals surface area contributed by atoms with Gasteiger partial charge in [-0.15, -0.1) is 0 Å². The number of anilines is 1. The SMILES string of the molecule is CCC(C(=O)Nc1cc(C(C)C)[nH]n1)c1c(C)noc1C. The molecule has 0 radical (unpaired) electrons. The number of aryl methyl sites for hydroxylation is 2. The maximum atomic E-state index is 12.5. The third-order valence-corrected chi connectivity index (χ3v) is 3.63. The smallest absolute Gasteiger partial charge is 0.233 e. The van der Waals surface area contributed by atoms with Crippen molar-refractivity contribution in [1.82, 2.24) is 15.4 Å². The van der Waals surface area contributed by atoms with E-state index in [1.54, 1.807) is 0 Å². The second-order valence-electron chi connectivity index (χ2n) is 5.55. The van der Waals surface area contributed by atoms with Gasteiger partial charge in [0.25, 0.3) is 0 Å². The Hall–Kier alpha value is -2.11. The van der Waals surface area contributed by atoms with Crippen LogP contribution in [0.5, 0.6) is 0 Å². The molecule has 0 aliphatic carbocycles. The number of aromatic amines is 1. The number of aromatic nitrogens is 3. The molecule has 2 N–H and O–H groups in total. The summed E-state index contributed by atoms with van der Waals surface area (Å²) >= 11 is 0. The lowest BCUT2D eigenvalue weighted by Crippen LogP contribution is -2.21. The molecule has 0 aliphatic rings. The topological polar surface area (TPSA) is 83.8 Å². The summed E-state index contributed by atoms with van der Waals surface area (Å²) in [6, 6.07) is 1.86. The normalized spacial score (nSPS) is 12.7. The lowest BCUT2D eigenvalue weighted by molar-refractivity contribution is -0.117. The molecule has 0 aliphatic heterocycles. The minimum absolute atomic E-state index is 0.0892. The molecule has 0 bridgehead atoms. The van der Waals surface area contributed by atoms with Gasteiger partial charge in [0.15, 0.2) is 5.82 Å². The molecule has 0 aromatic carbocycles. The fourth-order valence-electron chi connectivity index (χ4n) is 2.42. The van der Waals surface area contributed by atoms with Crippen molar-refractivity contribution in [1.29, 1.82) is 0 Å². The fourth-order valence-corrected chi connectivity index (χ4v) is 2.42. The molecule has 1 unspecified atom stereocenters. The third kappa shape index (κ3) is 3.15. The summed E-state index contributed by atoms with van der Waals surface area (Å²) < 4.78 is 5.16. The van der Waals surface area contributed by atoms with Gasteiger partial charge in [-0.05, 0) is 26.2 Å². The first kappa shape index (κ1) is 15.3. The van der Waals surface area contributed by atoms with Gasteiger partial charge in [0.1, 0.15) is 5.76 Å². The molecule has 2 heterocycles. The van der Waals surface area contributed by atoms with Crippen molar-refractivity contribution in [3.63, 3.8) is 0 Å². The number of amides is 1. The predicted molar refractivity (Wildman–Crippen MR) is 80.3 cm³/mol. The van der Waals surface area contributed by atoms with Gasteiger partial charge in [-0.2, -0.15) is 5.10 Å². The van der Waals surface area contributed by atoms with Gasteiger partial charge in [0.2, 0.25) is 5.91 Å². The van der Waals surface area contributed by atoms with Gasteiger partial charge in [-0.1, -0.05) is 25.9 Å². The Bertz CT molecular complexity index is 608. The lowest BCUT2D eigenvalue weighted by Gasteiger charge is -2.13. The van der Waals surface area contributed by atoms with E-state index in [9.17, 15) is 4.79 Å². The van der Waals surface area contributed by atoms with Gasteiger partial charge in [-0.3, -0.25) is 9.89 Å². The monoisotopic (exact) mass is 290 g/mol. The van der Waals surface area contributed by atoms with E-state index < -0.39 is 0 Å². The first-order valence-corrected chi connectivity index (χ1v) is 7.23. The van der Waals surface area contributed by atoms with E-state index >= 15 is 0 Å². The molecule has 114 valence electrons. The van der Waals surface area contributed by atoms with Gasteiger partial charge in [-0.25, -0.2) is 0 Å². The zero-order chi connectivity index (χ0) is 15.6. The average molecular weight is 290 g/mol. The number of nitrogens with zero attached hydrogens (tertiary/aromatic N) is 2. The minimum Gasteiger partial charge on any atom is -0.361 e. The molecule has 0 saturated carbocycles. The molecule has 1 atom stereocenters. The first-order chi connectivity index (χ1) is 9.93. The number of rotatable bonds is 5. The van der Waals surface area contributed by atoms with Gasteiger partial charge < -0.3 is 9.84 Å². The number of hydrogen-bond donors (Lipinski definition) is 2. The first-order valence-electron chi connectivity index (χ1n) is 7.23. The van der Waals surface area contributed by atoms with Crippen molar-refractivity contribution >= 4 is 11.7 Å². The van der Waals surface area contributed by atoms with E-state index in [1.807, 2.05) is 26.8 Å². The quantitative estimate of drug-likeness (QED) is 0.885.